The van der Waals surface area contributed by atoms with Gasteiger partial charge in [-0.25, -0.2) is 0 Å². The monoisotopic (exact) mass is 255 g/mol. The number of aliphatic hydroxyl groups excluding tert-OH is 1. The predicted molar refractivity (Wildman–Crippen MR) is 60.0 cm³/mol. The summed E-state index contributed by atoms with van der Waals surface area (Å²) in [6.45, 7) is 1.21. The van der Waals surface area contributed by atoms with E-state index in [2.05, 4.69) is 27.3 Å². The lowest BCUT2D eigenvalue weighted by molar-refractivity contribution is 0.279. The van der Waals surface area contributed by atoms with Gasteiger partial charge in [0.25, 0.3) is 0 Å². The van der Waals surface area contributed by atoms with Crippen molar-refractivity contribution in [3.05, 3.63) is 33.8 Å². The molecule has 2 N–H and O–H groups in total. The van der Waals surface area contributed by atoms with E-state index >= 15 is 0 Å². The van der Waals surface area contributed by atoms with Crippen molar-refractivity contribution in [2.45, 2.75) is 25.5 Å². The minimum absolute atomic E-state index is 0.118. The molecule has 1 aliphatic rings. The first kappa shape index (κ1) is 10.1. The minimum atomic E-state index is 0.118. The van der Waals surface area contributed by atoms with Gasteiger partial charge in [0.15, 0.2) is 0 Å². The van der Waals surface area contributed by atoms with Gasteiger partial charge in [-0.05, 0) is 42.6 Å². The Hall–Kier alpha value is -0.380. The first-order valence-electron chi connectivity index (χ1n) is 4.94. The number of rotatable bonds is 2. The maximum atomic E-state index is 9.25. The summed E-state index contributed by atoms with van der Waals surface area (Å²) in [5, 5.41) is 12.7. The predicted octanol–water partition coefficient (Wildman–Crippen LogP) is 2.37. The lowest BCUT2D eigenvalue weighted by Crippen LogP contribution is -2.14. The molecule has 14 heavy (non-hydrogen) atoms. The van der Waals surface area contributed by atoms with E-state index in [0.717, 1.165) is 16.6 Å². The third-order valence-electron chi connectivity index (χ3n) is 2.71. The van der Waals surface area contributed by atoms with Crippen LogP contribution >= 0.6 is 15.9 Å². The van der Waals surface area contributed by atoms with Crippen LogP contribution in [0.25, 0.3) is 0 Å². The molecular formula is C11H14BrNO. The molecule has 0 unspecified atom stereocenters. The number of hydrogen-bond acceptors (Lipinski definition) is 2. The van der Waals surface area contributed by atoms with Crippen LogP contribution < -0.4 is 5.32 Å². The van der Waals surface area contributed by atoms with Gasteiger partial charge in [0.05, 0.1) is 6.61 Å². The van der Waals surface area contributed by atoms with Gasteiger partial charge in [-0.1, -0.05) is 22.0 Å². The van der Waals surface area contributed by atoms with E-state index in [-0.39, 0.29) is 6.61 Å². The van der Waals surface area contributed by atoms with Crippen molar-refractivity contribution < 1.29 is 5.11 Å². The van der Waals surface area contributed by atoms with E-state index in [1.165, 1.54) is 18.4 Å². The van der Waals surface area contributed by atoms with Crippen LogP contribution in [0.2, 0.25) is 0 Å². The largest absolute Gasteiger partial charge is 0.392 e. The maximum absolute atomic E-state index is 9.25. The van der Waals surface area contributed by atoms with E-state index in [1.54, 1.807) is 0 Å². The van der Waals surface area contributed by atoms with Crippen molar-refractivity contribution in [3.63, 3.8) is 0 Å². The van der Waals surface area contributed by atoms with Gasteiger partial charge in [-0.15, -0.1) is 0 Å². The molecule has 1 aromatic carbocycles. The first-order valence-corrected chi connectivity index (χ1v) is 5.73. The van der Waals surface area contributed by atoms with Crippen LogP contribution in [0, 0.1) is 0 Å². The molecule has 2 rings (SSSR count). The molecule has 76 valence electrons. The Kier molecular flexibility index (Phi) is 3.21. The molecule has 0 radical (unpaired) electrons. The van der Waals surface area contributed by atoms with Gasteiger partial charge in [0.1, 0.15) is 0 Å². The molecule has 1 saturated heterocycles. The molecule has 1 atom stereocenters. The highest BCUT2D eigenvalue weighted by molar-refractivity contribution is 9.10. The highest BCUT2D eigenvalue weighted by Gasteiger charge is 2.18. The molecule has 1 aromatic rings. The van der Waals surface area contributed by atoms with E-state index in [1.807, 2.05) is 12.1 Å². The Balaban J connectivity index is 2.31. The molecular weight excluding hydrogens is 242 g/mol. The van der Waals surface area contributed by atoms with E-state index in [4.69, 9.17) is 0 Å². The van der Waals surface area contributed by atoms with Crippen LogP contribution in [-0.2, 0) is 6.61 Å². The van der Waals surface area contributed by atoms with E-state index < -0.39 is 0 Å². The van der Waals surface area contributed by atoms with Crippen molar-refractivity contribution in [2.24, 2.45) is 0 Å². The Morgan fingerprint density at radius 1 is 1.50 bits per heavy atom. The van der Waals surface area contributed by atoms with Crippen LogP contribution in [0.4, 0.5) is 0 Å². The smallest absolute Gasteiger partial charge is 0.0685 e. The molecule has 0 amide bonds. The molecule has 2 nitrogen and oxygen atoms in total. The van der Waals surface area contributed by atoms with Crippen LogP contribution in [-0.4, -0.2) is 11.7 Å². The maximum Gasteiger partial charge on any atom is 0.0685 e. The molecule has 1 fully saturated rings. The van der Waals surface area contributed by atoms with Crippen LogP contribution in [0.3, 0.4) is 0 Å². The van der Waals surface area contributed by atoms with Crippen molar-refractivity contribution in [1.29, 1.82) is 0 Å². The van der Waals surface area contributed by atoms with Crippen LogP contribution in [0.15, 0.2) is 22.7 Å². The van der Waals surface area contributed by atoms with Gasteiger partial charge in [0, 0.05) is 10.5 Å². The first-order chi connectivity index (χ1) is 6.81. The zero-order valence-corrected chi connectivity index (χ0v) is 9.55. The van der Waals surface area contributed by atoms with Crippen molar-refractivity contribution in [2.75, 3.05) is 6.54 Å². The standard InChI is InChI=1S/C11H14BrNO/c12-9-3-4-10(8(6-9)7-14)11-2-1-5-13-11/h3-4,6,11,13-14H,1-2,5,7H2/t11-/m0/s1. The molecule has 1 aliphatic heterocycles. The molecule has 0 saturated carbocycles. The Morgan fingerprint density at radius 2 is 2.36 bits per heavy atom. The fourth-order valence-electron chi connectivity index (χ4n) is 2.00. The third-order valence-corrected chi connectivity index (χ3v) is 3.20. The van der Waals surface area contributed by atoms with Gasteiger partial charge in [-0.3, -0.25) is 0 Å². The van der Waals surface area contributed by atoms with Crippen molar-refractivity contribution >= 4 is 15.9 Å². The van der Waals surface area contributed by atoms with Gasteiger partial charge >= 0.3 is 0 Å². The van der Waals surface area contributed by atoms with Crippen molar-refractivity contribution in [1.82, 2.24) is 5.32 Å². The zero-order valence-electron chi connectivity index (χ0n) is 7.96. The molecule has 3 heteroatoms. The highest BCUT2D eigenvalue weighted by Crippen LogP contribution is 2.28. The third kappa shape index (κ3) is 2.00. The number of benzene rings is 1. The van der Waals surface area contributed by atoms with Gasteiger partial charge < -0.3 is 10.4 Å². The number of nitrogens with one attached hydrogen (secondary N) is 1. The topological polar surface area (TPSA) is 32.3 Å². The molecule has 1 heterocycles. The summed E-state index contributed by atoms with van der Waals surface area (Å²) < 4.78 is 1.03. The summed E-state index contributed by atoms with van der Waals surface area (Å²) in [4.78, 5) is 0. The average Bonchev–Trinajstić information content (AvgIpc) is 2.70. The SMILES string of the molecule is OCc1cc(Br)ccc1[C@@H]1CCCN1. The fourth-order valence-corrected chi connectivity index (χ4v) is 2.41. The van der Waals surface area contributed by atoms with E-state index in [0.29, 0.717) is 6.04 Å². The second-order valence-electron chi connectivity index (χ2n) is 3.65. The quantitative estimate of drug-likeness (QED) is 0.851. The molecule has 0 aliphatic carbocycles. The van der Waals surface area contributed by atoms with Crippen molar-refractivity contribution in [3.8, 4) is 0 Å². The second kappa shape index (κ2) is 4.43. The zero-order chi connectivity index (χ0) is 9.97. The Labute approximate surface area is 92.5 Å². The van der Waals surface area contributed by atoms with Crippen LogP contribution in [0.5, 0.6) is 0 Å². The normalized spacial score (nSPS) is 21.4. The molecule has 0 spiro atoms. The summed E-state index contributed by atoms with van der Waals surface area (Å²) >= 11 is 3.41. The summed E-state index contributed by atoms with van der Waals surface area (Å²) in [5.74, 6) is 0. The van der Waals surface area contributed by atoms with Gasteiger partial charge in [-0.2, -0.15) is 0 Å². The Bertz CT molecular complexity index is 321. The summed E-state index contributed by atoms with van der Waals surface area (Å²) in [5.41, 5.74) is 2.27. The number of halogens is 1. The summed E-state index contributed by atoms with van der Waals surface area (Å²) in [7, 11) is 0. The highest BCUT2D eigenvalue weighted by atomic mass is 79.9. The lowest BCUT2D eigenvalue weighted by atomic mass is 10.00. The minimum Gasteiger partial charge on any atom is -0.392 e. The summed E-state index contributed by atoms with van der Waals surface area (Å²) in [6.07, 6.45) is 2.40. The summed E-state index contributed by atoms with van der Waals surface area (Å²) in [6, 6.07) is 6.56. The lowest BCUT2D eigenvalue weighted by Gasteiger charge is -2.14. The van der Waals surface area contributed by atoms with Crippen LogP contribution in [0.1, 0.15) is 30.0 Å². The fraction of sp³-hybridized carbons (Fsp3) is 0.455. The molecule has 0 aromatic heterocycles. The second-order valence-corrected chi connectivity index (χ2v) is 4.57. The number of hydrogen-bond donors (Lipinski definition) is 2. The number of aliphatic hydroxyl groups is 1. The molecule has 0 bridgehead atoms. The van der Waals surface area contributed by atoms with E-state index in [9.17, 15) is 5.11 Å². The van der Waals surface area contributed by atoms with Gasteiger partial charge in [0.2, 0.25) is 0 Å². The average molecular weight is 256 g/mol. The Morgan fingerprint density at radius 3 is 3.00 bits per heavy atom.